The molecule has 0 aromatic rings. The highest BCUT2D eigenvalue weighted by Gasteiger charge is 2.32. The summed E-state index contributed by atoms with van der Waals surface area (Å²) < 4.78 is 0. The summed E-state index contributed by atoms with van der Waals surface area (Å²) in [4.78, 5) is 11.8. The average Bonchev–Trinajstić information content (AvgIpc) is 2.48. The maximum atomic E-state index is 11.8. The first-order valence-corrected chi connectivity index (χ1v) is 5.99. The first kappa shape index (κ1) is 12.5. The largest absolute Gasteiger partial charge is 0.352 e. The Balaban J connectivity index is 2.45. The third-order valence-electron chi connectivity index (χ3n) is 3.81. The van der Waals surface area contributed by atoms with Crippen LogP contribution in [0.25, 0.3) is 0 Å². The Kier molecular flexibility index (Phi) is 4.14. The van der Waals surface area contributed by atoms with Gasteiger partial charge in [-0.2, -0.15) is 0 Å². The number of nitrogens with one attached hydrogen (secondary N) is 1. The summed E-state index contributed by atoms with van der Waals surface area (Å²) in [5, 5.41) is 3.08. The van der Waals surface area contributed by atoms with Crippen molar-refractivity contribution in [2.75, 3.05) is 0 Å². The molecule has 4 atom stereocenters. The Morgan fingerprint density at radius 3 is 2.33 bits per heavy atom. The van der Waals surface area contributed by atoms with E-state index in [-0.39, 0.29) is 17.9 Å². The molecule has 15 heavy (non-hydrogen) atoms. The predicted molar refractivity (Wildman–Crippen MR) is 62.3 cm³/mol. The van der Waals surface area contributed by atoms with Crippen molar-refractivity contribution in [3.05, 3.63) is 0 Å². The highest BCUT2D eigenvalue weighted by atomic mass is 16.2. The molecule has 3 nitrogen and oxygen atoms in total. The third-order valence-corrected chi connectivity index (χ3v) is 3.81. The van der Waals surface area contributed by atoms with Gasteiger partial charge in [0.1, 0.15) is 0 Å². The molecule has 0 spiro atoms. The topological polar surface area (TPSA) is 55.1 Å². The van der Waals surface area contributed by atoms with E-state index in [2.05, 4.69) is 19.2 Å². The molecule has 3 N–H and O–H groups in total. The van der Waals surface area contributed by atoms with Crippen LogP contribution in [-0.4, -0.2) is 18.0 Å². The Labute approximate surface area is 92.8 Å². The molecule has 1 saturated carbocycles. The van der Waals surface area contributed by atoms with Crippen molar-refractivity contribution >= 4 is 5.91 Å². The molecule has 0 saturated heterocycles. The van der Waals surface area contributed by atoms with Crippen LogP contribution in [0.5, 0.6) is 0 Å². The fourth-order valence-corrected chi connectivity index (χ4v) is 2.15. The fraction of sp³-hybridized carbons (Fsp3) is 0.917. The van der Waals surface area contributed by atoms with E-state index in [0.717, 1.165) is 6.42 Å². The van der Waals surface area contributed by atoms with Gasteiger partial charge in [-0.15, -0.1) is 0 Å². The van der Waals surface area contributed by atoms with E-state index in [1.165, 1.54) is 6.42 Å². The second-order valence-corrected chi connectivity index (χ2v) is 5.30. The second kappa shape index (κ2) is 4.97. The monoisotopic (exact) mass is 212 g/mol. The SMILES string of the molecule is CC1CCC(NC(=O)[C@@H](N)C(C)C)C1C. The first-order valence-electron chi connectivity index (χ1n) is 5.99. The lowest BCUT2D eigenvalue weighted by molar-refractivity contribution is -0.124. The summed E-state index contributed by atoms with van der Waals surface area (Å²) in [6.45, 7) is 8.42. The number of hydrogen-bond acceptors (Lipinski definition) is 2. The molecule has 1 rings (SSSR count). The number of rotatable bonds is 3. The van der Waals surface area contributed by atoms with Crippen molar-refractivity contribution in [1.29, 1.82) is 0 Å². The van der Waals surface area contributed by atoms with Gasteiger partial charge < -0.3 is 11.1 Å². The lowest BCUT2D eigenvalue weighted by atomic mass is 9.97. The minimum Gasteiger partial charge on any atom is -0.352 e. The lowest BCUT2D eigenvalue weighted by Crippen LogP contribution is -2.48. The maximum Gasteiger partial charge on any atom is 0.237 e. The first-order chi connectivity index (χ1) is 6.93. The van der Waals surface area contributed by atoms with E-state index in [9.17, 15) is 4.79 Å². The van der Waals surface area contributed by atoms with Gasteiger partial charge in [-0.05, 0) is 30.6 Å². The number of carbonyl (C=O) groups excluding carboxylic acids is 1. The summed E-state index contributed by atoms with van der Waals surface area (Å²) in [7, 11) is 0. The lowest BCUT2D eigenvalue weighted by Gasteiger charge is -2.23. The smallest absolute Gasteiger partial charge is 0.237 e. The zero-order valence-electron chi connectivity index (χ0n) is 10.3. The number of hydrogen-bond donors (Lipinski definition) is 2. The molecular formula is C12H24N2O. The standard InChI is InChI=1S/C12H24N2O/c1-7(2)11(13)12(15)14-10-6-5-8(3)9(10)4/h7-11H,5-6,13H2,1-4H3,(H,14,15)/t8?,9?,10?,11-/m0/s1. The van der Waals surface area contributed by atoms with Gasteiger partial charge in [0, 0.05) is 6.04 Å². The molecular weight excluding hydrogens is 188 g/mol. The van der Waals surface area contributed by atoms with Gasteiger partial charge in [0.15, 0.2) is 0 Å². The van der Waals surface area contributed by atoms with Gasteiger partial charge in [0.2, 0.25) is 5.91 Å². The zero-order valence-corrected chi connectivity index (χ0v) is 10.3. The van der Waals surface area contributed by atoms with Gasteiger partial charge in [-0.3, -0.25) is 4.79 Å². The van der Waals surface area contributed by atoms with Crippen molar-refractivity contribution in [3.63, 3.8) is 0 Å². The summed E-state index contributed by atoms with van der Waals surface area (Å²) in [6, 6.07) is -0.0367. The van der Waals surface area contributed by atoms with Crippen LogP contribution in [0.3, 0.4) is 0 Å². The Morgan fingerprint density at radius 1 is 1.33 bits per heavy atom. The molecule has 0 heterocycles. The second-order valence-electron chi connectivity index (χ2n) is 5.30. The van der Waals surface area contributed by atoms with Crippen molar-refractivity contribution in [2.45, 2.75) is 52.6 Å². The minimum atomic E-state index is -0.367. The summed E-state index contributed by atoms with van der Waals surface area (Å²) >= 11 is 0. The van der Waals surface area contributed by atoms with Gasteiger partial charge in [0.25, 0.3) is 0 Å². The van der Waals surface area contributed by atoms with Crippen LogP contribution in [0.1, 0.15) is 40.5 Å². The number of amides is 1. The van der Waals surface area contributed by atoms with Gasteiger partial charge in [0.05, 0.1) is 6.04 Å². The normalized spacial score (nSPS) is 33.1. The highest BCUT2D eigenvalue weighted by molar-refractivity contribution is 5.82. The van der Waals surface area contributed by atoms with Crippen molar-refractivity contribution in [3.8, 4) is 0 Å². The van der Waals surface area contributed by atoms with Crippen LogP contribution in [-0.2, 0) is 4.79 Å². The summed E-state index contributed by atoms with van der Waals surface area (Å²) in [5.74, 6) is 1.51. The quantitative estimate of drug-likeness (QED) is 0.745. The average molecular weight is 212 g/mol. The van der Waals surface area contributed by atoms with Gasteiger partial charge >= 0.3 is 0 Å². The Hall–Kier alpha value is -0.570. The van der Waals surface area contributed by atoms with E-state index in [1.807, 2.05) is 13.8 Å². The zero-order chi connectivity index (χ0) is 11.6. The molecule has 0 aromatic carbocycles. The van der Waals surface area contributed by atoms with E-state index in [1.54, 1.807) is 0 Å². The van der Waals surface area contributed by atoms with Crippen LogP contribution in [0, 0.1) is 17.8 Å². The number of carbonyl (C=O) groups is 1. The summed E-state index contributed by atoms with van der Waals surface area (Å²) in [5.41, 5.74) is 5.81. The molecule has 3 heteroatoms. The van der Waals surface area contributed by atoms with Crippen molar-refractivity contribution in [2.24, 2.45) is 23.5 Å². The molecule has 0 aliphatic heterocycles. The third kappa shape index (κ3) is 2.94. The van der Waals surface area contributed by atoms with Crippen molar-refractivity contribution < 1.29 is 4.79 Å². The van der Waals surface area contributed by atoms with Crippen LogP contribution >= 0.6 is 0 Å². The Bertz CT molecular complexity index is 228. The predicted octanol–water partition coefficient (Wildman–Crippen LogP) is 1.52. The van der Waals surface area contributed by atoms with E-state index < -0.39 is 0 Å². The fourth-order valence-electron chi connectivity index (χ4n) is 2.15. The molecule has 0 bridgehead atoms. The highest BCUT2D eigenvalue weighted by Crippen LogP contribution is 2.31. The maximum absolute atomic E-state index is 11.8. The van der Waals surface area contributed by atoms with Gasteiger partial charge in [-0.25, -0.2) is 0 Å². The van der Waals surface area contributed by atoms with E-state index >= 15 is 0 Å². The van der Waals surface area contributed by atoms with Gasteiger partial charge in [-0.1, -0.05) is 27.7 Å². The van der Waals surface area contributed by atoms with Crippen LogP contribution in [0.15, 0.2) is 0 Å². The Morgan fingerprint density at radius 2 is 1.93 bits per heavy atom. The van der Waals surface area contributed by atoms with E-state index in [4.69, 9.17) is 5.73 Å². The molecule has 3 unspecified atom stereocenters. The molecule has 1 fully saturated rings. The molecule has 88 valence electrons. The number of nitrogens with two attached hydrogens (primary N) is 1. The minimum absolute atomic E-state index is 0.0101. The van der Waals surface area contributed by atoms with Crippen LogP contribution in [0.4, 0.5) is 0 Å². The molecule has 0 radical (unpaired) electrons. The molecule has 1 amide bonds. The van der Waals surface area contributed by atoms with Crippen LogP contribution in [0.2, 0.25) is 0 Å². The van der Waals surface area contributed by atoms with Crippen molar-refractivity contribution in [1.82, 2.24) is 5.32 Å². The molecule has 0 aromatic heterocycles. The van der Waals surface area contributed by atoms with Crippen LogP contribution < -0.4 is 11.1 Å². The molecule has 1 aliphatic carbocycles. The van der Waals surface area contributed by atoms with E-state index in [0.29, 0.717) is 17.9 Å². The summed E-state index contributed by atoms with van der Waals surface area (Å²) in [6.07, 6.45) is 2.31. The molecule has 1 aliphatic rings.